The highest BCUT2D eigenvalue weighted by molar-refractivity contribution is 5.95. The second-order valence-electron chi connectivity index (χ2n) is 8.73. The van der Waals surface area contributed by atoms with Crippen molar-refractivity contribution in [1.82, 2.24) is 19.7 Å². The molecule has 0 N–H and O–H groups in total. The molecule has 174 valence electrons. The van der Waals surface area contributed by atoms with E-state index in [4.69, 9.17) is 4.74 Å². The Balaban J connectivity index is 1.07. The van der Waals surface area contributed by atoms with Gasteiger partial charge >= 0.3 is 0 Å². The molecule has 7 nitrogen and oxygen atoms in total. The number of carbonyl (C=O) groups excluding carboxylic acids is 2. The van der Waals surface area contributed by atoms with E-state index in [1.807, 2.05) is 76.5 Å². The van der Waals surface area contributed by atoms with E-state index in [9.17, 15) is 9.59 Å². The lowest BCUT2D eigenvalue weighted by Gasteiger charge is -2.48. The lowest BCUT2D eigenvalue weighted by molar-refractivity contribution is 0.00853. The van der Waals surface area contributed by atoms with Crippen LogP contribution in [0.2, 0.25) is 0 Å². The van der Waals surface area contributed by atoms with E-state index in [0.29, 0.717) is 18.2 Å². The molecule has 2 amide bonds. The molecule has 0 radical (unpaired) electrons. The van der Waals surface area contributed by atoms with Gasteiger partial charge in [-0.3, -0.25) is 19.5 Å². The second-order valence-corrected chi connectivity index (χ2v) is 8.73. The molecule has 0 atom stereocenters. The minimum absolute atomic E-state index is 0.0508. The van der Waals surface area contributed by atoms with Gasteiger partial charge in [-0.1, -0.05) is 18.2 Å². The van der Waals surface area contributed by atoms with Crippen LogP contribution in [0.4, 0.5) is 0 Å². The molecule has 2 saturated heterocycles. The Morgan fingerprint density at radius 3 is 2.06 bits per heavy atom. The number of aromatic nitrogens is 1. The van der Waals surface area contributed by atoms with Crippen molar-refractivity contribution in [1.29, 1.82) is 0 Å². The highest BCUT2D eigenvalue weighted by Crippen LogP contribution is 2.22. The van der Waals surface area contributed by atoms with Crippen LogP contribution in [-0.2, 0) is 6.61 Å². The summed E-state index contributed by atoms with van der Waals surface area (Å²) >= 11 is 0. The maximum Gasteiger partial charge on any atom is 0.253 e. The summed E-state index contributed by atoms with van der Waals surface area (Å²) < 4.78 is 5.79. The highest BCUT2D eigenvalue weighted by atomic mass is 16.5. The lowest BCUT2D eigenvalue weighted by Crippen LogP contribution is -2.64. The maximum atomic E-state index is 12.9. The van der Waals surface area contributed by atoms with Crippen LogP contribution in [0, 0.1) is 0 Å². The van der Waals surface area contributed by atoms with Crippen LogP contribution in [0.5, 0.6) is 5.75 Å². The Labute approximate surface area is 199 Å². The third-order valence-electron chi connectivity index (χ3n) is 6.54. The fourth-order valence-corrected chi connectivity index (χ4v) is 4.43. The SMILES string of the molecule is O=C(c1ccccc1)N1CCN(C2CN(C(=O)c3ccc(OCc4ccncc4)cc3)C2)CC1. The van der Waals surface area contributed by atoms with Gasteiger partial charge in [0.2, 0.25) is 0 Å². The number of hydrogen-bond acceptors (Lipinski definition) is 5. The number of ether oxygens (including phenoxy) is 1. The van der Waals surface area contributed by atoms with Crippen molar-refractivity contribution >= 4 is 11.8 Å². The van der Waals surface area contributed by atoms with Crippen molar-refractivity contribution in [3.8, 4) is 5.75 Å². The fraction of sp³-hybridized carbons (Fsp3) is 0.296. The molecule has 3 heterocycles. The van der Waals surface area contributed by atoms with Crippen LogP contribution < -0.4 is 4.74 Å². The molecule has 2 fully saturated rings. The van der Waals surface area contributed by atoms with Gasteiger partial charge in [-0.15, -0.1) is 0 Å². The molecule has 7 heteroatoms. The number of benzene rings is 2. The van der Waals surface area contributed by atoms with Crippen molar-refractivity contribution in [2.45, 2.75) is 12.6 Å². The molecular formula is C27H28N4O3. The zero-order valence-electron chi connectivity index (χ0n) is 19.0. The van der Waals surface area contributed by atoms with Crippen molar-refractivity contribution in [3.63, 3.8) is 0 Å². The van der Waals surface area contributed by atoms with Gasteiger partial charge in [0, 0.05) is 68.8 Å². The molecule has 0 unspecified atom stereocenters. The Hall–Kier alpha value is -3.71. The van der Waals surface area contributed by atoms with Crippen LogP contribution in [0.25, 0.3) is 0 Å². The average Bonchev–Trinajstić information content (AvgIpc) is 2.88. The molecule has 0 bridgehead atoms. The van der Waals surface area contributed by atoms with E-state index in [-0.39, 0.29) is 11.8 Å². The topological polar surface area (TPSA) is 66.0 Å². The number of nitrogens with zero attached hydrogens (tertiary/aromatic N) is 4. The first-order valence-electron chi connectivity index (χ1n) is 11.7. The van der Waals surface area contributed by atoms with Crippen LogP contribution in [0.3, 0.4) is 0 Å². The number of hydrogen-bond donors (Lipinski definition) is 0. The second kappa shape index (κ2) is 10.1. The molecule has 5 rings (SSSR count). The van der Waals surface area contributed by atoms with Crippen molar-refractivity contribution < 1.29 is 14.3 Å². The summed E-state index contributed by atoms with van der Waals surface area (Å²) in [6, 6.07) is 21.0. The number of pyridine rings is 1. The van der Waals surface area contributed by atoms with E-state index in [1.54, 1.807) is 12.4 Å². The Kier molecular flexibility index (Phi) is 6.53. The molecule has 0 saturated carbocycles. The fourth-order valence-electron chi connectivity index (χ4n) is 4.43. The number of carbonyl (C=O) groups is 2. The first kappa shape index (κ1) is 22.1. The van der Waals surface area contributed by atoms with Gasteiger partial charge in [0.05, 0.1) is 0 Å². The van der Waals surface area contributed by atoms with Gasteiger partial charge in [0.25, 0.3) is 11.8 Å². The van der Waals surface area contributed by atoms with Gasteiger partial charge < -0.3 is 14.5 Å². The first-order chi connectivity index (χ1) is 16.7. The van der Waals surface area contributed by atoms with E-state index in [0.717, 1.165) is 56.1 Å². The van der Waals surface area contributed by atoms with Crippen molar-refractivity contribution in [2.24, 2.45) is 0 Å². The standard InChI is InChI=1S/C27H28N4O3/c32-26(22-4-2-1-3-5-22)30-16-14-29(15-17-30)24-18-31(19-24)27(33)23-6-8-25(9-7-23)34-20-21-10-12-28-13-11-21/h1-13,24H,14-20H2. The quantitative estimate of drug-likeness (QED) is 0.571. The smallest absolute Gasteiger partial charge is 0.253 e. The summed E-state index contributed by atoms with van der Waals surface area (Å²) in [5.41, 5.74) is 2.46. The van der Waals surface area contributed by atoms with Crippen LogP contribution in [0.15, 0.2) is 79.1 Å². The number of amides is 2. The van der Waals surface area contributed by atoms with Gasteiger partial charge in [-0.05, 0) is 54.1 Å². The third kappa shape index (κ3) is 4.94. The maximum absolute atomic E-state index is 12.9. The van der Waals surface area contributed by atoms with Crippen LogP contribution >= 0.6 is 0 Å². The molecule has 34 heavy (non-hydrogen) atoms. The third-order valence-corrected chi connectivity index (χ3v) is 6.54. The Bertz CT molecular complexity index is 1110. The number of rotatable bonds is 6. The molecule has 0 aliphatic carbocycles. The summed E-state index contributed by atoms with van der Waals surface area (Å²) in [5, 5.41) is 0. The summed E-state index contributed by atoms with van der Waals surface area (Å²) in [5.74, 6) is 0.881. The van der Waals surface area contributed by atoms with Gasteiger partial charge in [0.1, 0.15) is 12.4 Å². The average molecular weight is 457 g/mol. The van der Waals surface area contributed by atoms with E-state index >= 15 is 0 Å². The van der Waals surface area contributed by atoms with Crippen LogP contribution in [-0.4, -0.2) is 76.8 Å². The molecule has 1 aromatic heterocycles. The predicted octanol–water partition coefficient (Wildman–Crippen LogP) is 2.94. The predicted molar refractivity (Wildman–Crippen MR) is 129 cm³/mol. The Morgan fingerprint density at radius 2 is 1.38 bits per heavy atom. The minimum atomic E-state index is 0.0508. The zero-order chi connectivity index (χ0) is 23.3. The first-order valence-corrected chi connectivity index (χ1v) is 11.7. The van der Waals surface area contributed by atoms with Gasteiger partial charge in [0.15, 0.2) is 0 Å². The normalized spacial score (nSPS) is 16.7. The summed E-state index contributed by atoms with van der Waals surface area (Å²) in [7, 11) is 0. The largest absolute Gasteiger partial charge is 0.489 e. The molecule has 2 aliphatic heterocycles. The van der Waals surface area contributed by atoms with E-state index in [2.05, 4.69) is 9.88 Å². The summed E-state index contributed by atoms with van der Waals surface area (Å²) in [6.45, 7) is 5.05. The molecule has 3 aromatic rings. The monoisotopic (exact) mass is 456 g/mol. The molecule has 2 aliphatic rings. The molecule has 2 aromatic carbocycles. The molecule has 0 spiro atoms. The van der Waals surface area contributed by atoms with Crippen molar-refractivity contribution in [3.05, 3.63) is 95.8 Å². The molecular weight excluding hydrogens is 428 g/mol. The minimum Gasteiger partial charge on any atom is -0.489 e. The van der Waals surface area contributed by atoms with E-state index in [1.165, 1.54) is 0 Å². The van der Waals surface area contributed by atoms with Crippen molar-refractivity contribution in [2.75, 3.05) is 39.3 Å². The lowest BCUT2D eigenvalue weighted by atomic mass is 10.0. The van der Waals surface area contributed by atoms with Gasteiger partial charge in [-0.2, -0.15) is 0 Å². The zero-order valence-corrected chi connectivity index (χ0v) is 19.0. The van der Waals surface area contributed by atoms with Crippen LogP contribution in [0.1, 0.15) is 26.3 Å². The summed E-state index contributed by atoms with van der Waals surface area (Å²) in [6.07, 6.45) is 3.48. The highest BCUT2D eigenvalue weighted by Gasteiger charge is 2.37. The number of likely N-dealkylation sites (tertiary alicyclic amines) is 1. The number of piperazine rings is 1. The van der Waals surface area contributed by atoms with E-state index < -0.39 is 0 Å². The van der Waals surface area contributed by atoms with Gasteiger partial charge in [-0.25, -0.2) is 0 Å². The Morgan fingerprint density at radius 1 is 0.765 bits per heavy atom. The summed E-state index contributed by atoms with van der Waals surface area (Å²) in [4.78, 5) is 35.7.